The summed E-state index contributed by atoms with van der Waals surface area (Å²) in [5, 5.41) is 3.82. The average molecular weight is 225 g/mol. The molecule has 0 aromatic heterocycles. The molecule has 0 radical (unpaired) electrons. The smallest absolute Gasteiger partial charge is 0.0169 e. The summed E-state index contributed by atoms with van der Waals surface area (Å²) in [5.74, 6) is 0. The van der Waals surface area contributed by atoms with E-state index in [4.69, 9.17) is 0 Å². The molecule has 1 N–H and O–H groups in total. The molecule has 0 saturated heterocycles. The zero-order valence-electron chi connectivity index (χ0n) is 12.0. The maximum atomic E-state index is 3.82. The van der Waals surface area contributed by atoms with Gasteiger partial charge in [0.2, 0.25) is 0 Å². The molecule has 1 heteroatoms. The van der Waals surface area contributed by atoms with Crippen LogP contribution in [0.1, 0.15) is 73.1 Å². The Morgan fingerprint density at radius 3 is 2.12 bits per heavy atom. The molecule has 0 aromatic carbocycles. The Kier molecular flexibility index (Phi) is 4.85. The Labute approximate surface area is 102 Å². The fourth-order valence-electron chi connectivity index (χ4n) is 3.53. The standard InChI is InChI=1S/C15H31N/c1-6-12-16-13(14(2,3)4)15(5)10-8-7-9-11-15/h13,16H,6-12H2,1-5H3. The van der Waals surface area contributed by atoms with Crippen LogP contribution in [-0.2, 0) is 0 Å². The normalized spacial score (nSPS) is 23.1. The second-order valence-corrected chi connectivity index (χ2v) is 6.97. The van der Waals surface area contributed by atoms with Crippen molar-refractivity contribution in [2.24, 2.45) is 10.8 Å². The third-order valence-electron chi connectivity index (χ3n) is 4.16. The highest BCUT2D eigenvalue weighted by atomic mass is 14.9. The van der Waals surface area contributed by atoms with Gasteiger partial charge in [0.1, 0.15) is 0 Å². The monoisotopic (exact) mass is 225 g/mol. The van der Waals surface area contributed by atoms with E-state index in [9.17, 15) is 0 Å². The number of nitrogens with one attached hydrogen (secondary N) is 1. The van der Waals surface area contributed by atoms with Crippen molar-refractivity contribution in [1.29, 1.82) is 0 Å². The predicted octanol–water partition coefficient (Wildman–Crippen LogP) is 4.37. The summed E-state index contributed by atoms with van der Waals surface area (Å²) in [6.07, 6.45) is 8.36. The van der Waals surface area contributed by atoms with Crippen molar-refractivity contribution in [3.63, 3.8) is 0 Å². The van der Waals surface area contributed by atoms with Crippen LogP contribution >= 0.6 is 0 Å². The van der Waals surface area contributed by atoms with Crippen molar-refractivity contribution < 1.29 is 0 Å². The first kappa shape index (κ1) is 14.0. The Balaban J connectivity index is 2.73. The van der Waals surface area contributed by atoms with Crippen LogP contribution in [0.3, 0.4) is 0 Å². The molecular formula is C15H31N. The summed E-state index contributed by atoms with van der Waals surface area (Å²) in [7, 11) is 0. The van der Waals surface area contributed by atoms with Crippen molar-refractivity contribution >= 4 is 0 Å². The minimum Gasteiger partial charge on any atom is -0.313 e. The number of hydrogen-bond donors (Lipinski definition) is 1. The average Bonchev–Trinajstić information content (AvgIpc) is 2.17. The van der Waals surface area contributed by atoms with Crippen molar-refractivity contribution in [2.45, 2.75) is 79.2 Å². The lowest BCUT2D eigenvalue weighted by molar-refractivity contribution is 0.0697. The van der Waals surface area contributed by atoms with Gasteiger partial charge < -0.3 is 5.32 Å². The van der Waals surface area contributed by atoms with E-state index in [-0.39, 0.29) is 0 Å². The van der Waals surface area contributed by atoms with E-state index in [1.54, 1.807) is 0 Å². The number of hydrogen-bond acceptors (Lipinski definition) is 1. The van der Waals surface area contributed by atoms with Crippen LogP contribution in [0.15, 0.2) is 0 Å². The highest BCUT2D eigenvalue weighted by molar-refractivity contribution is 4.96. The largest absolute Gasteiger partial charge is 0.313 e. The highest BCUT2D eigenvalue weighted by Crippen LogP contribution is 2.44. The van der Waals surface area contributed by atoms with Gasteiger partial charge in [0.05, 0.1) is 0 Å². The van der Waals surface area contributed by atoms with Gasteiger partial charge in [-0.15, -0.1) is 0 Å². The van der Waals surface area contributed by atoms with Crippen LogP contribution in [0.4, 0.5) is 0 Å². The van der Waals surface area contributed by atoms with Crippen LogP contribution in [0.5, 0.6) is 0 Å². The fraction of sp³-hybridized carbons (Fsp3) is 1.00. The summed E-state index contributed by atoms with van der Waals surface area (Å²) >= 11 is 0. The molecule has 0 bridgehead atoms. The minimum absolute atomic E-state index is 0.376. The first-order valence-electron chi connectivity index (χ1n) is 7.13. The fourth-order valence-corrected chi connectivity index (χ4v) is 3.53. The lowest BCUT2D eigenvalue weighted by Crippen LogP contribution is -2.52. The quantitative estimate of drug-likeness (QED) is 0.749. The lowest BCUT2D eigenvalue weighted by atomic mass is 9.63. The SMILES string of the molecule is CCCNC(C(C)(C)C)C1(C)CCCCC1. The third kappa shape index (κ3) is 3.48. The van der Waals surface area contributed by atoms with Crippen molar-refractivity contribution in [1.82, 2.24) is 5.32 Å². The molecule has 1 rings (SSSR count). The minimum atomic E-state index is 0.376. The molecule has 1 fully saturated rings. The molecule has 0 aliphatic heterocycles. The molecule has 1 aliphatic rings. The van der Waals surface area contributed by atoms with E-state index in [1.165, 1.54) is 38.5 Å². The molecule has 1 nitrogen and oxygen atoms in total. The van der Waals surface area contributed by atoms with E-state index in [0.29, 0.717) is 16.9 Å². The van der Waals surface area contributed by atoms with Gasteiger partial charge in [-0.25, -0.2) is 0 Å². The first-order valence-corrected chi connectivity index (χ1v) is 7.13. The Bertz CT molecular complexity index is 196. The zero-order chi connectivity index (χ0) is 12.2. The molecule has 16 heavy (non-hydrogen) atoms. The second-order valence-electron chi connectivity index (χ2n) is 6.97. The molecule has 0 amide bonds. The van der Waals surface area contributed by atoms with E-state index < -0.39 is 0 Å². The Morgan fingerprint density at radius 2 is 1.69 bits per heavy atom. The van der Waals surface area contributed by atoms with Crippen molar-refractivity contribution in [3.8, 4) is 0 Å². The van der Waals surface area contributed by atoms with Crippen LogP contribution in [0.25, 0.3) is 0 Å². The van der Waals surface area contributed by atoms with Crippen molar-refractivity contribution in [3.05, 3.63) is 0 Å². The van der Waals surface area contributed by atoms with Crippen LogP contribution in [-0.4, -0.2) is 12.6 Å². The molecule has 1 aliphatic carbocycles. The van der Waals surface area contributed by atoms with Crippen LogP contribution < -0.4 is 5.32 Å². The molecule has 1 saturated carbocycles. The molecule has 1 atom stereocenters. The van der Waals surface area contributed by atoms with Gasteiger partial charge in [0.15, 0.2) is 0 Å². The van der Waals surface area contributed by atoms with E-state index in [2.05, 4.69) is 39.9 Å². The highest BCUT2D eigenvalue weighted by Gasteiger charge is 2.41. The van der Waals surface area contributed by atoms with Gasteiger partial charge in [-0.1, -0.05) is 53.9 Å². The van der Waals surface area contributed by atoms with Crippen LogP contribution in [0.2, 0.25) is 0 Å². The third-order valence-corrected chi connectivity index (χ3v) is 4.16. The summed E-state index contributed by atoms with van der Waals surface area (Å²) in [6, 6.07) is 0.667. The van der Waals surface area contributed by atoms with Gasteiger partial charge in [0, 0.05) is 6.04 Å². The molecule has 0 aromatic rings. The van der Waals surface area contributed by atoms with Gasteiger partial charge in [0.25, 0.3) is 0 Å². The molecule has 1 unspecified atom stereocenters. The molecule has 0 heterocycles. The predicted molar refractivity (Wildman–Crippen MR) is 72.7 cm³/mol. The van der Waals surface area contributed by atoms with Gasteiger partial charge >= 0.3 is 0 Å². The molecule has 0 spiro atoms. The van der Waals surface area contributed by atoms with Crippen molar-refractivity contribution in [2.75, 3.05) is 6.54 Å². The molecule has 96 valence electrons. The summed E-state index contributed by atoms with van der Waals surface area (Å²) in [5.41, 5.74) is 0.896. The maximum absolute atomic E-state index is 3.82. The Hall–Kier alpha value is -0.0400. The zero-order valence-corrected chi connectivity index (χ0v) is 12.0. The molecular weight excluding hydrogens is 194 g/mol. The van der Waals surface area contributed by atoms with E-state index in [0.717, 1.165) is 6.54 Å². The Morgan fingerprint density at radius 1 is 1.12 bits per heavy atom. The van der Waals surface area contributed by atoms with Gasteiger partial charge in [-0.05, 0) is 36.6 Å². The van der Waals surface area contributed by atoms with Gasteiger partial charge in [-0.3, -0.25) is 0 Å². The first-order chi connectivity index (χ1) is 7.40. The summed E-state index contributed by atoms with van der Waals surface area (Å²) < 4.78 is 0. The topological polar surface area (TPSA) is 12.0 Å². The second kappa shape index (κ2) is 5.53. The maximum Gasteiger partial charge on any atom is 0.0169 e. The van der Waals surface area contributed by atoms with E-state index >= 15 is 0 Å². The summed E-state index contributed by atoms with van der Waals surface area (Å²) in [6.45, 7) is 13.1. The van der Waals surface area contributed by atoms with Crippen LogP contribution in [0, 0.1) is 10.8 Å². The summed E-state index contributed by atoms with van der Waals surface area (Å²) in [4.78, 5) is 0. The van der Waals surface area contributed by atoms with Gasteiger partial charge in [-0.2, -0.15) is 0 Å². The number of rotatable bonds is 4. The lowest BCUT2D eigenvalue weighted by Gasteiger charge is -2.47. The van der Waals surface area contributed by atoms with E-state index in [1.807, 2.05) is 0 Å².